The second-order valence-corrected chi connectivity index (χ2v) is 6.48. The summed E-state index contributed by atoms with van der Waals surface area (Å²) in [5, 5.41) is 3.09. The van der Waals surface area contributed by atoms with E-state index in [4.69, 9.17) is 14.6 Å². The Morgan fingerprint density at radius 3 is 2.88 bits per heavy atom. The third-order valence-corrected chi connectivity index (χ3v) is 4.77. The van der Waals surface area contributed by atoms with Crippen molar-refractivity contribution in [1.29, 1.82) is 0 Å². The lowest BCUT2D eigenvalue weighted by atomic mass is 9.84. The van der Waals surface area contributed by atoms with Crippen molar-refractivity contribution < 1.29 is 13.6 Å². The molecule has 1 unspecified atom stereocenters. The zero-order valence-corrected chi connectivity index (χ0v) is 14.1. The van der Waals surface area contributed by atoms with Crippen molar-refractivity contribution >= 4 is 5.91 Å². The third-order valence-electron chi connectivity index (χ3n) is 4.77. The van der Waals surface area contributed by atoms with Gasteiger partial charge in [0.15, 0.2) is 5.76 Å². The van der Waals surface area contributed by atoms with Gasteiger partial charge in [-0.15, -0.1) is 0 Å². The van der Waals surface area contributed by atoms with E-state index < -0.39 is 0 Å². The zero-order chi connectivity index (χ0) is 16.9. The Bertz CT molecular complexity index is 657. The number of furan rings is 1. The molecule has 0 saturated heterocycles. The van der Waals surface area contributed by atoms with Crippen molar-refractivity contribution in [3.05, 3.63) is 29.9 Å². The summed E-state index contributed by atoms with van der Waals surface area (Å²) in [6, 6.07) is 3.61. The molecule has 0 aromatic carbocycles. The smallest absolute Gasteiger partial charge is 0.263 e. The number of amides is 1. The van der Waals surface area contributed by atoms with Crippen LogP contribution < -0.4 is 11.1 Å². The summed E-state index contributed by atoms with van der Waals surface area (Å²) < 4.78 is 10.9. The van der Waals surface area contributed by atoms with Crippen LogP contribution in [0.4, 0.5) is 0 Å². The number of oxazole rings is 1. The molecule has 1 aliphatic rings. The number of nitrogens with zero attached hydrogens (tertiary/aromatic N) is 1. The van der Waals surface area contributed by atoms with E-state index >= 15 is 0 Å². The Kier molecular flexibility index (Phi) is 5.35. The van der Waals surface area contributed by atoms with Crippen LogP contribution in [0.25, 0.3) is 11.7 Å². The Hall–Kier alpha value is -2.08. The molecule has 0 radical (unpaired) electrons. The molecule has 1 saturated carbocycles. The highest BCUT2D eigenvalue weighted by Gasteiger charge is 2.25. The monoisotopic (exact) mass is 331 g/mol. The lowest BCUT2D eigenvalue weighted by molar-refractivity contribution is -0.121. The first-order valence-electron chi connectivity index (χ1n) is 8.67. The van der Waals surface area contributed by atoms with Crippen LogP contribution in [0.5, 0.6) is 0 Å². The summed E-state index contributed by atoms with van der Waals surface area (Å²) >= 11 is 0. The molecule has 1 fully saturated rings. The van der Waals surface area contributed by atoms with E-state index in [2.05, 4.69) is 10.3 Å². The van der Waals surface area contributed by atoms with E-state index in [0.717, 1.165) is 12.8 Å². The molecule has 2 heterocycles. The first kappa shape index (κ1) is 16.8. The lowest BCUT2D eigenvalue weighted by Gasteiger charge is -2.30. The van der Waals surface area contributed by atoms with Gasteiger partial charge in [0.1, 0.15) is 5.76 Å². The summed E-state index contributed by atoms with van der Waals surface area (Å²) in [6.07, 6.45) is 7.80. The van der Waals surface area contributed by atoms with E-state index in [1.165, 1.54) is 19.3 Å². The average molecular weight is 331 g/mol. The number of aryl methyl sites for hydroxylation is 1. The molecule has 24 heavy (non-hydrogen) atoms. The Morgan fingerprint density at radius 2 is 2.21 bits per heavy atom. The summed E-state index contributed by atoms with van der Waals surface area (Å²) in [7, 11) is 0. The Morgan fingerprint density at radius 1 is 1.42 bits per heavy atom. The van der Waals surface area contributed by atoms with Crippen LogP contribution in [-0.4, -0.2) is 23.5 Å². The molecule has 0 spiro atoms. The third kappa shape index (κ3) is 3.87. The minimum absolute atomic E-state index is 0.0505. The van der Waals surface area contributed by atoms with Gasteiger partial charge in [-0.3, -0.25) is 4.79 Å². The van der Waals surface area contributed by atoms with E-state index in [1.807, 2.05) is 6.92 Å². The number of carbonyl (C=O) groups excluding carboxylic acids is 1. The summed E-state index contributed by atoms with van der Waals surface area (Å²) in [5.41, 5.74) is 6.52. The molecular formula is C18H25N3O3. The molecule has 130 valence electrons. The Balaban J connectivity index is 1.61. The van der Waals surface area contributed by atoms with Gasteiger partial charge in [0.05, 0.1) is 18.4 Å². The van der Waals surface area contributed by atoms with Crippen LogP contribution in [0.1, 0.15) is 43.6 Å². The highest BCUT2D eigenvalue weighted by molar-refractivity contribution is 5.78. The maximum atomic E-state index is 12.4. The van der Waals surface area contributed by atoms with Gasteiger partial charge in [-0.1, -0.05) is 19.3 Å². The highest BCUT2D eigenvalue weighted by atomic mass is 16.4. The number of hydrogen-bond donors (Lipinski definition) is 2. The van der Waals surface area contributed by atoms with Gasteiger partial charge in [0.2, 0.25) is 5.91 Å². The number of carbonyl (C=O) groups is 1. The van der Waals surface area contributed by atoms with Crippen molar-refractivity contribution in [2.45, 2.75) is 51.5 Å². The number of rotatable bonds is 6. The zero-order valence-electron chi connectivity index (χ0n) is 14.1. The van der Waals surface area contributed by atoms with Gasteiger partial charge in [-0.2, -0.15) is 0 Å². The molecule has 2 aromatic heterocycles. The van der Waals surface area contributed by atoms with Crippen LogP contribution in [0.3, 0.4) is 0 Å². The normalized spacial score (nSPS) is 16.9. The average Bonchev–Trinajstić information content (AvgIpc) is 3.24. The SMILES string of the molecule is Cc1oc(-c2ccco2)nc1CC(=O)NC(CN)C1CCCCC1. The van der Waals surface area contributed by atoms with Gasteiger partial charge in [-0.25, -0.2) is 4.98 Å². The predicted molar refractivity (Wildman–Crippen MR) is 90.2 cm³/mol. The quantitative estimate of drug-likeness (QED) is 0.849. The maximum absolute atomic E-state index is 12.4. The van der Waals surface area contributed by atoms with Gasteiger partial charge >= 0.3 is 0 Å². The van der Waals surface area contributed by atoms with Crippen molar-refractivity contribution in [2.75, 3.05) is 6.54 Å². The number of nitrogens with two attached hydrogens (primary N) is 1. The van der Waals surface area contributed by atoms with E-state index in [-0.39, 0.29) is 18.4 Å². The molecule has 6 nitrogen and oxygen atoms in total. The van der Waals surface area contributed by atoms with Crippen molar-refractivity contribution in [1.82, 2.24) is 10.3 Å². The van der Waals surface area contributed by atoms with E-state index in [0.29, 0.717) is 35.6 Å². The lowest BCUT2D eigenvalue weighted by Crippen LogP contribution is -2.46. The topological polar surface area (TPSA) is 94.3 Å². The standard InChI is InChI=1S/C18H25N3O3/c1-12-14(21-18(24-12)16-8-5-9-23-16)10-17(22)20-15(11-19)13-6-3-2-4-7-13/h5,8-9,13,15H,2-4,6-7,10-11,19H2,1H3,(H,20,22). The molecule has 0 aliphatic heterocycles. The van der Waals surface area contributed by atoms with Crippen molar-refractivity contribution in [3.8, 4) is 11.7 Å². The number of nitrogens with one attached hydrogen (secondary N) is 1. The van der Waals surface area contributed by atoms with Crippen LogP contribution in [0.2, 0.25) is 0 Å². The van der Waals surface area contributed by atoms with Crippen LogP contribution >= 0.6 is 0 Å². The number of hydrogen-bond acceptors (Lipinski definition) is 5. The van der Waals surface area contributed by atoms with Crippen molar-refractivity contribution in [2.24, 2.45) is 11.7 Å². The molecule has 1 aliphatic carbocycles. The largest absolute Gasteiger partial charge is 0.459 e. The number of aromatic nitrogens is 1. The molecule has 3 N–H and O–H groups in total. The minimum Gasteiger partial charge on any atom is -0.459 e. The molecule has 1 amide bonds. The predicted octanol–water partition coefficient (Wildman–Crippen LogP) is 2.81. The maximum Gasteiger partial charge on any atom is 0.263 e. The molecular weight excluding hydrogens is 306 g/mol. The molecule has 6 heteroatoms. The first-order chi connectivity index (χ1) is 11.7. The highest BCUT2D eigenvalue weighted by Crippen LogP contribution is 2.26. The van der Waals surface area contributed by atoms with Crippen molar-refractivity contribution in [3.63, 3.8) is 0 Å². The fourth-order valence-electron chi connectivity index (χ4n) is 3.41. The van der Waals surface area contributed by atoms with Crippen LogP contribution in [0, 0.1) is 12.8 Å². The van der Waals surface area contributed by atoms with Gasteiger partial charge in [-0.05, 0) is 37.8 Å². The summed E-state index contributed by atoms with van der Waals surface area (Å²) in [5.74, 6) is 2.04. The fraction of sp³-hybridized carbons (Fsp3) is 0.556. The van der Waals surface area contributed by atoms with Gasteiger partial charge in [0.25, 0.3) is 5.89 Å². The summed E-state index contributed by atoms with van der Waals surface area (Å²) in [6.45, 7) is 2.29. The van der Waals surface area contributed by atoms with E-state index in [9.17, 15) is 4.79 Å². The summed E-state index contributed by atoms with van der Waals surface area (Å²) in [4.78, 5) is 16.8. The molecule has 0 bridgehead atoms. The molecule has 1 atom stereocenters. The Labute approximate surface area is 141 Å². The van der Waals surface area contributed by atoms with Gasteiger partial charge in [0, 0.05) is 12.6 Å². The second kappa shape index (κ2) is 7.66. The molecule has 3 rings (SSSR count). The molecule has 2 aromatic rings. The van der Waals surface area contributed by atoms with Gasteiger partial charge < -0.3 is 19.9 Å². The van der Waals surface area contributed by atoms with E-state index in [1.54, 1.807) is 18.4 Å². The van der Waals surface area contributed by atoms with Crippen LogP contribution in [0.15, 0.2) is 27.2 Å². The fourth-order valence-corrected chi connectivity index (χ4v) is 3.41. The minimum atomic E-state index is -0.0570. The second-order valence-electron chi connectivity index (χ2n) is 6.48. The first-order valence-corrected chi connectivity index (χ1v) is 8.67. The van der Waals surface area contributed by atoms with Crippen LogP contribution in [-0.2, 0) is 11.2 Å².